The number of nitrogens with one attached hydrogen (secondary N) is 1. The molecule has 1 aromatic rings. The number of hydrogen-bond acceptors (Lipinski definition) is 11. The summed E-state index contributed by atoms with van der Waals surface area (Å²) in [5, 5.41) is 14.4. The van der Waals surface area contributed by atoms with Gasteiger partial charge in [-0.15, -0.1) is 0 Å². The average molecular weight is 738 g/mol. The number of carbonyl (C=O) groups excluding carboxylic acids is 4. The van der Waals surface area contributed by atoms with Gasteiger partial charge in [0.05, 0.1) is 25.3 Å². The minimum atomic E-state index is -1.82. The van der Waals surface area contributed by atoms with Crippen molar-refractivity contribution in [3.63, 3.8) is 0 Å². The highest BCUT2D eigenvalue weighted by Crippen LogP contribution is 2.49. The third-order valence-corrected chi connectivity index (χ3v) is 10.5. The monoisotopic (exact) mass is 737 g/mol. The Kier molecular flexibility index (Phi) is 12.6. The summed E-state index contributed by atoms with van der Waals surface area (Å²) in [6.45, 7) is 6.96. The van der Waals surface area contributed by atoms with Crippen molar-refractivity contribution in [2.45, 2.75) is 95.2 Å². The molecular formula is C35H48ClN3O10S. The number of nitrogens with zero attached hydrogens (tertiary/aromatic N) is 2. The molecule has 2 N–H and O–H groups in total. The standard InChI is InChI=1S/C35H48ClN3O10S/c1-19-10-9-11-26(46-8)35(44)18-25(47-33(43)37-35)20(2)31-34(4,49-31)27(48-32(42)21(3)38(5)28(40)12-13-50)17-29(41)39(6)23-15-22(14-19)16-24(45-7)30(23)36/h9-11,15-16,20-21,25-27,31,44,50H,12-14,17-18H2,1-8H3,(H,37,43)/b11-9+,19-10+/t20-,21+,25+,26-,27-,31?,34+,35+/m1/s1. The topological polar surface area (TPSA) is 156 Å². The molecule has 4 bridgehead atoms. The lowest BCUT2D eigenvalue weighted by molar-refractivity contribution is -0.161. The lowest BCUT2D eigenvalue weighted by atomic mass is 9.83. The number of epoxide rings is 1. The van der Waals surface area contributed by atoms with E-state index >= 15 is 0 Å². The second kappa shape index (κ2) is 15.9. The van der Waals surface area contributed by atoms with Crippen molar-refractivity contribution < 1.29 is 48.0 Å². The van der Waals surface area contributed by atoms with Crippen LogP contribution in [0.15, 0.2) is 35.9 Å². The highest BCUT2D eigenvalue weighted by Gasteiger charge is 2.64. The van der Waals surface area contributed by atoms with Crippen LogP contribution >= 0.6 is 24.2 Å². The van der Waals surface area contributed by atoms with Crippen molar-refractivity contribution >= 4 is 53.8 Å². The maximum Gasteiger partial charge on any atom is 0.409 e. The molecule has 276 valence electrons. The molecule has 0 spiro atoms. The number of benzene rings is 1. The number of anilines is 1. The number of hydrogen-bond donors (Lipinski definition) is 3. The molecule has 2 fully saturated rings. The number of carbonyl (C=O) groups is 4. The molecule has 1 unspecified atom stereocenters. The highest BCUT2D eigenvalue weighted by atomic mass is 35.5. The van der Waals surface area contributed by atoms with Crippen molar-refractivity contribution in [1.29, 1.82) is 0 Å². The normalized spacial score (nSPS) is 32.3. The molecule has 3 aliphatic heterocycles. The zero-order valence-electron chi connectivity index (χ0n) is 29.7. The number of methoxy groups -OCH3 is 2. The van der Waals surface area contributed by atoms with Crippen LogP contribution in [-0.4, -0.2) is 110 Å². The second-order valence-electron chi connectivity index (χ2n) is 13.4. The molecule has 0 saturated carbocycles. The number of amides is 3. The molecule has 3 aliphatic rings. The molecule has 8 atom stereocenters. The molecule has 50 heavy (non-hydrogen) atoms. The Bertz CT molecular complexity index is 1540. The Morgan fingerprint density at radius 2 is 1.98 bits per heavy atom. The number of aliphatic hydroxyl groups is 1. The maximum absolute atomic E-state index is 14.0. The van der Waals surface area contributed by atoms with Gasteiger partial charge in [0.1, 0.15) is 40.7 Å². The van der Waals surface area contributed by atoms with E-state index in [9.17, 15) is 24.3 Å². The molecule has 3 heterocycles. The summed E-state index contributed by atoms with van der Waals surface area (Å²) >= 11 is 10.8. The molecule has 3 amide bonds. The largest absolute Gasteiger partial charge is 0.495 e. The molecule has 4 rings (SSSR count). The number of rotatable bonds is 7. The minimum Gasteiger partial charge on any atom is -0.495 e. The van der Waals surface area contributed by atoms with Gasteiger partial charge in [-0.05, 0) is 50.6 Å². The molecule has 15 heteroatoms. The van der Waals surface area contributed by atoms with E-state index in [1.54, 1.807) is 45.2 Å². The fourth-order valence-corrected chi connectivity index (χ4v) is 6.99. The summed E-state index contributed by atoms with van der Waals surface area (Å²) in [7, 11) is 5.98. The van der Waals surface area contributed by atoms with E-state index in [-0.39, 0.29) is 30.2 Å². The van der Waals surface area contributed by atoms with Gasteiger partial charge in [-0.2, -0.15) is 12.6 Å². The predicted octanol–water partition coefficient (Wildman–Crippen LogP) is 3.83. The molecular weight excluding hydrogens is 690 g/mol. The summed E-state index contributed by atoms with van der Waals surface area (Å²) in [5.41, 5.74) is -0.903. The molecule has 0 aromatic heterocycles. The molecule has 13 nitrogen and oxygen atoms in total. The SMILES string of the molecule is COc1cc2cc(c1Cl)N(C)C(=O)C[C@@H](OC(=O)[C@H](C)N(C)C(=O)CCS)[C@]1(C)OC1[C@H](C)[C@@H]1C[C@@](O)(NC(=O)O1)[C@H](OC)/C=C/C=C(\C)C2. The van der Waals surface area contributed by atoms with Gasteiger partial charge in [0, 0.05) is 40.0 Å². The van der Waals surface area contributed by atoms with Gasteiger partial charge in [0.2, 0.25) is 11.8 Å². The first-order chi connectivity index (χ1) is 23.5. The first-order valence-electron chi connectivity index (χ1n) is 16.4. The van der Waals surface area contributed by atoms with Gasteiger partial charge in [0.25, 0.3) is 0 Å². The Morgan fingerprint density at radius 1 is 1.28 bits per heavy atom. The van der Waals surface area contributed by atoms with E-state index in [1.165, 1.54) is 38.0 Å². The van der Waals surface area contributed by atoms with Crippen LogP contribution in [0.5, 0.6) is 5.75 Å². The number of ether oxygens (including phenoxy) is 5. The molecule has 2 saturated heterocycles. The zero-order chi connectivity index (χ0) is 37.1. The lowest BCUT2D eigenvalue weighted by Crippen LogP contribution is -2.63. The number of allylic oxidation sites excluding steroid dienone is 3. The van der Waals surface area contributed by atoms with Gasteiger partial charge >= 0.3 is 12.1 Å². The number of thiol groups is 1. The summed E-state index contributed by atoms with van der Waals surface area (Å²) in [6, 6.07) is 2.60. The number of fused-ring (bicyclic) bond motifs is 5. The van der Waals surface area contributed by atoms with Crippen LogP contribution < -0.4 is 15.0 Å². The van der Waals surface area contributed by atoms with Crippen LogP contribution in [0.4, 0.5) is 10.5 Å². The van der Waals surface area contributed by atoms with Crippen LogP contribution in [-0.2, 0) is 39.8 Å². The average Bonchev–Trinajstić information content (AvgIpc) is 3.76. The third kappa shape index (κ3) is 8.42. The van der Waals surface area contributed by atoms with E-state index in [0.29, 0.717) is 23.6 Å². The Labute approximate surface area is 303 Å². The first-order valence-corrected chi connectivity index (χ1v) is 17.5. The lowest BCUT2D eigenvalue weighted by Gasteiger charge is -2.42. The van der Waals surface area contributed by atoms with E-state index in [4.69, 9.17) is 35.3 Å². The maximum atomic E-state index is 14.0. The number of halogens is 1. The van der Waals surface area contributed by atoms with Crippen molar-refractivity contribution in [2.75, 3.05) is 39.0 Å². The summed E-state index contributed by atoms with van der Waals surface area (Å²) in [4.78, 5) is 55.6. The molecule has 0 aliphatic carbocycles. The van der Waals surface area contributed by atoms with Crippen LogP contribution in [0, 0.1) is 5.92 Å². The van der Waals surface area contributed by atoms with Gasteiger partial charge in [-0.25, -0.2) is 9.59 Å². The van der Waals surface area contributed by atoms with E-state index in [1.807, 2.05) is 13.0 Å². The Hall–Kier alpha value is -3.30. The quantitative estimate of drug-likeness (QED) is 0.214. The minimum absolute atomic E-state index is 0.0489. The highest BCUT2D eigenvalue weighted by molar-refractivity contribution is 7.80. The van der Waals surface area contributed by atoms with Gasteiger partial charge in [0.15, 0.2) is 5.72 Å². The van der Waals surface area contributed by atoms with E-state index in [2.05, 4.69) is 17.9 Å². The smallest absolute Gasteiger partial charge is 0.409 e. The Balaban J connectivity index is 1.78. The van der Waals surface area contributed by atoms with Crippen LogP contribution in [0.25, 0.3) is 0 Å². The number of alkyl carbamates (subject to hydrolysis) is 1. The fourth-order valence-electron chi connectivity index (χ4n) is 6.49. The molecule has 1 aromatic carbocycles. The third-order valence-electron chi connectivity index (χ3n) is 9.85. The van der Waals surface area contributed by atoms with Crippen LogP contribution in [0.2, 0.25) is 5.02 Å². The zero-order valence-corrected chi connectivity index (χ0v) is 31.4. The summed E-state index contributed by atoms with van der Waals surface area (Å²) < 4.78 is 29.0. The Morgan fingerprint density at radius 3 is 2.62 bits per heavy atom. The van der Waals surface area contributed by atoms with Crippen molar-refractivity contribution in [3.8, 4) is 5.75 Å². The van der Waals surface area contributed by atoms with Crippen molar-refractivity contribution in [1.82, 2.24) is 10.2 Å². The predicted molar refractivity (Wildman–Crippen MR) is 189 cm³/mol. The second-order valence-corrected chi connectivity index (χ2v) is 14.2. The number of likely N-dealkylation sites (N-methyl/N-ethyl adjacent to an activating group) is 1. The van der Waals surface area contributed by atoms with E-state index in [0.717, 1.165) is 11.1 Å². The van der Waals surface area contributed by atoms with Crippen molar-refractivity contribution in [2.24, 2.45) is 5.92 Å². The van der Waals surface area contributed by atoms with Crippen LogP contribution in [0.1, 0.15) is 52.5 Å². The summed E-state index contributed by atoms with van der Waals surface area (Å²) in [5.74, 6) is -1.30. The van der Waals surface area contributed by atoms with Gasteiger partial charge < -0.3 is 38.6 Å². The van der Waals surface area contributed by atoms with E-state index < -0.39 is 65.7 Å². The van der Waals surface area contributed by atoms with Crippen molar-refractivity contribution in [3.05, 3.63) is 46.5 Å². The van der Waals surface area contributed by atoms with Crippen LogP contribution in [0.3, 0.4) is 0 Å². The fraction of sp³-hybridized carbons (Fsp3) is 0.600. The van der Waals surface area contributed by atoms with Gasteiger partial charge in [-0.3, -0.25) is 14.9 Å². The first kappa shape index (κ1) is 39.5. The van der Waals surface area contributed by atoms with Gasteiger partial charge in [-0.1, -0.05) is 42.3 Å². The number of esters is 1. The molecule has 0 radical (unpaired) electrons. The summed E-state index contributed by atoms with van der Waals surface area (Å²) in [6.07, 6.45) is 1.08.